The summed E-state index contributed by atoms with van der Waals surface area (Å²) >= 11 is 0. The summed E-state index contributed by atoms with van der Waals surface area (Å²) in [6.45, 7) is 12.0. The van der Waals surface area contributed by atoms with Crippen LogP contribution in [0.2, 0.25) is 0 Å². The molecule has 0 bridgehead atoms. The molecule has 0 spiro atoms. The van der Waals surface area contributed by atoms with Gasteiger partial charge in [-0.3, -0.25) is 0 Å². The van der Waals surface area contributed by atoms with E-state index in [-0.39, 0.29) is 33.3 Å². The number of hydrogen-bond acceptors (Lipinski definition) is 1. The molecule has 1 saturated heterocycles. The van der Waals surface area contributed by atoms with Gasteiger partial charge in [0, 0.05) is 13.2 Å². The molecule has 2 heteroatoms. The Morgan fingerprint density at radius 3 is 1.00 bits per heavy atom. The summed E-state index contributed by atoms with van der Waals surface area (Å²) in [6.07, 6.45) is 10.1. The number of rotatable bonds is 0. The molecular weight excluding hydrogens is 229 g/mol. The van der Waals surface area contributed by atoms with Crippen LogP contribution in [0.3, 0.4) is 0 Å². The van der Waals surface area contributed by atoms with E-state index >= 15 is 0 Å². The third kappa shape index (κ3) is 24.2. The van der Waals surface area contributed by atoms with Gasteiger partial charge in [-0.25, -0.2) is 0 Å². The van der Waals surface area contributed by atoms with Gasteiger partial charge in [-0.15, -0.1) is 0 Å². The Balaban J connectivity index is -0.0000000631. The molecule has 1 aliphatic carbocycles. The van der Waals surface area contributed by atoms with Crippen LogP contribution in [-0.4, -0.2) is 13.2 Å². The van der Waals surface area contributed by atoms with Crippen LogP contribution < -0.4 is 0 Å². The van der Waals surface area contributed by atoms with Gasteiger partial charge in [-0.2, -0.15) is 13.8 Å². The molecule has 0 amide bonds. The Morgan fingerprint density at radius 1 is 0.625 bits per heavy atom. The van der Waals surface area contributed by atoms with Crippen LogP contribution in [0.4, 0.5) is 0 Å². The van der Waals surface area contributed by atoms with Crippen LogP contribution in [0.1, 0.15) is 58.8 Å². The molecular formula is C14H31OSc. The molecule has 0 aromatic carbocycles. The average molecular weight is 260 g/mol. The minimum absolute atomic E-state index is 0. The van der Waals surface area contributed by atoms with Gasteiger partial charge in [0.1, 0.15) is 0 Å². The third-order valence-corrected chi connectivity index (χ3v) is 2.08. The van der Waals surface area contributed by atoms with Crippen molar-refractivity contribution in [1.29, 1.82) is 0 Å². The molecule has 1 aliphatic heterocycles. The van der Waals surface area contributed by atoms with Crippen LogP contribution >= 0.6 is 0 Å². The summed E-state index contributed by atoms with van der Waals surface area (Å²) in [6, 6.07) is 0. The molecule has 16 heavy (non-hydrogen) atoms. The molecule has 1 heterocycles. The standard InChI is InChI=1S/C5H10.C4H8O.2C2H5.CH3.Sc/c2*1-2-4-5-3-1;2*1-2;;/h1-5H2;1-4H2;2*1H2,2H3;1H3;/q;;3*-1;+3. The van der Waals surface area contributed by atoms with Crippen molar-refractivity contribution in [2.45, 2.75) is 58.8 Å². The maximum atomic E-state index is 4.94. The molecule has 0 aromatic rings. The predicted molar refractivity (Wildman–Crippen MR) is 71.6 cm³/mol. The van der Waals surface area contributed by atoms with Crippen molar-refractivity contribution in [2.75, 3.05) is 13.2 Å². The van der Waals surface area contributed by atoms with Crippen molar-refractivity contribution < 1.29 is 30.6 Å². The molecule has 0 aromatic heterocycles. The summed E-state index contributed by atoms with van der Waals surface area (Å²) in [7, 11) is 0. The molecule has 1 saturated carbocycles. The summed E-state index contributed by atoms with van der Waals surface area (Å²) in [5, 5.41) is 0. The second-order valence-electron chi connectivity index (χ2n) is 3.09. The Bertz CT molecular complexity index is 43.9. The largest absolute Gasteiger partial charge is 3.00 e. The quantitative estimate of drug-likeness (QED) is 0.564. The van der Waals surface area contributed by atoms with E-state index in [1.165, 1.54) is 44.9 Å². The van der Waals surface area contributed by atoms with Crippen molar-refractivity contribution in [3.8, 4) is 0 Å². The molecule has 2 fully saturated rings. The third-order valence-electron chi connectivity index (χ3n) is 2.08. The van der Waals surface area contributed by atoms with Gasteiger partial charge in [0.05, 0.1) is 0 Å². The van der Waals surface area contributed by atoms with Crippen molar-refractivity contribution in [2.24, 2.45) is 0 Å². The number of hydrogen-bond donors (Lipinski definition) is 0. The Hall–Kier alpha value is 0.830. The Labute approximate surface area is 124 Å². The van der Waals surface area contributed by atoms with E-state index in [0.29, 0.717) is 0 Å². The smallest absolute Gasteiger partial charge is 0.381 e. The Kier molecular flexibility index (Phi) is 47.5. The fourth-order valence-corrected chi connectivity index (χ4v) is 1.39. The van der Waals surface area contributed by atoms with Crippen LogP contribution in [0, 0.1) is 21.3 Å². The Morgan fingerprint density at radius 2 is 0.875 bits per heavy atom. The van der Waals surface area contributed by atoms with Crippen molar-refractivity contribution in [1.82, 2.24) is 0 Å². The molecule has 0 radical (unpaired) electrons. The predicted octanol–water partition coefficient (Wildman–Crippen LogP) is 4.88. The molecule has 1 nitrogen and oxygen atoms in total. The summed E-state index contributed by atoms with van der Waals surface area (Å²) in [4.78, 5) is 0. The van der Waals surface area contributed by atoms with Gasteiger partial charge >= 0.3 is 25.8 Å². The zero-order chi connectivity index (χ0) is 11.1. The SMILES string of the molecule is C1CCCC1.C1CCOC1.[CH2-]C.[CH2-]C.[CH3-].[Sc+3]. The van der Waals surface area contributed by atoms with Gasteiger partial charge in [0.25, 0.3) is 0 Å². The molecule has 0 atom stereocenters. The second kappa shape index (κ2) is 29.7. The maximum absolute atomic E-state index is 4.94. The first-order chi connectivity index (χ1) is 7.00. The molecule has 0 N–H and O–H groups in total. The zero-order valence-electron chi connectivity index (χ0n) is 11.8. The fraction of sp³-hybridized carbons (Fsp3) is 0.786. The van der Waals surface area contributed by atoms with E-state index in [1.807, 2.05) is 0 Å². The maximum Gasteiger partial charge on any atom is 3.00 e. The van der Waals surface area contributed by atoms with E-state index in [9.17, 15) is 0 Å². The monoisotopic (exact) mass is 260 g/mol. The van der Waals surface area contributed by atoms with E-state index < -0.39 is 0 Å². The fourth-order valence-electron chi connectivity index (χ4n) is 1.39. The van der Waals surface area contributed by atoms with Crippen molar-refractivity contribution in [3.05, 3.63) is 21.3 Å². The molecule has 2 aliphatic rings. The van der Waals surface area contributed by atoms with Crippen LogP contribution in [0.25, 0.3) is 0 Å². The first kappa shape index (κ1) is 25.6. The minimum atomic E-state index is 0. The number of ether oxygens (including phenoxy) is 1. The van der Waals surface area contributed by atoms with Gasteiger partial charge in [0.15, 0.2) is 0 Å². The average Bonchev–Trinajstić information content (AvgIpc) is 3.01. The van der Waals surface area contributed by atoms with Crippen LogP contribution in [-0.2, 0) is 30.6 Å². The van der Waals surface area contributed by atoms with E-state index in [2.05, 4.69) is 13.8 Å². The van der Waals surface area contributed by atoms with Gasteiger partial charge in [-0.1, -0.05) is 32.1 Å². The second-order valence-corrected chi connectivity index (χ2v) is 3.09. The van der Waals surface area contributed by atoms with Crippen LogP contribution in [0.5, 0.6) is 0 Å². The summed E-state index contributed by atoms with van der Waals surface area (Å²) < 4.78 is 4.94. The minimum Gasteiger partial charge on any atom is -0.381 e. The van der Waals surface area contributed by atoms with E-state index in [4.69, 9.17) is 4.74 Å². The first-order valence-corrected chi connectivity index (χ1v) is 5.99. The van der Waals surface area contributed by atoms with Crippen molar-refractivity contribution >= 4 is 0 Å². The molecule has 2 rings (SSSR count). The molecule has 96 valence electrons. The van der Waals surface area contributed by atoms with Gasteiger partial charge in [0.2, 0.25) is 0 Å². The summed E-state index contributed by atoms with van der Waals surface area (Å²) in [5.41, 5.74) is 0. The van der Waals surface area contributed by atoms with E-state index in [1.54, 1.807) is 13.8 Å². The van der Waals surface area contributed by atoms with Gasteiger partial charge in [-0.05, 0) is 12.8 Å². The summed E-state index contributed by atoms with van der Waals surface area (Å²) in [5.74, 6) is 0. The first-order valence-electron chi connectivity index (χ1n) is 5.99. The van der Waals surface area contributed by atoms with Crippen LogP contribution in [0.15, 0.2) is 0 Å². The zero-order valence-corrected chi connectivity index (χ0v) is 13.6. The topological polar surface area (TPSA) is 9.23 Å². The van der Waals surface area contributed by atoms with E-state index in [0.717, 1.165) is 13.2 Å². The van der Waals surface area contributed by atoms with Gasteiger partial charge < -0.3 is 26.0 Å². The molecule has 0 unspecified atom stereocenters. The normalized spacial score (nSPS) is 15.8. The van der Waals surface area contributed by atoms with Crippen molar-refractivity contribution in [3.63, 3.8) is 0 Å².